The molecular formula is C12H13F3O2S. The van der Waals surface area contributed by atoms with E-state index in [0.717, 1.165) is 5.56 Å². The van der Waals surface area contributed by atoms with Crippen molar-refractivity contribution in [3.63, 3.8) is 0 Å². The van der Waals surface area contributed by atoms with Crippen molar-refractivity contribution < 1.29 is 23.0 Å². The molecule has 0 aliphatic carbocycles. The maximum Gasteiger partial charge on any atom is 0.573 e. The van der Waals surface area contributed by atoms with Gasteiger partial charge in [0.05, 0.1) is 6.10 Å². The van der Waals surface area contributed by atoms with E-state index >= 15 is 0 Å². The van der Waals surface area contributed by atoms with E-state index in [1.807, 2.05) is 13.8 Å². The molecule has 18 heavy (non-hydrogen) atoms. The van der Waals surface area contributed by atoms with Crippen LogP contribution in [-0.4, -0.2) is 16.2 Å². The third-order valence-electron chi connectivity index (χ3n) is 2.90. The van der Waals surface area contributed by atoms with Gasteiger partial charge in [-0.15, -0.1) is 24.9 Å². The molecule has 1 aliphatic rings. The van der Waals surface area contributed by atoms with Gasteiger partial charge in [0.2, 0.25) is 0 Å². The minimum Gasteiger partial charge on any atom is -0.406 e. The summed E-state index contributed by atoms with van der Waals surface area (Å²) in [6, 6.07) is 4.12. The molecule has 0 fully saturated rings. The number of hydrogen-bond acceptors (Lipinski definition) is 3. The topological polar surface area (TPSA) is 29.5 Å². The number of fused-ring (bicyclic) bond motifs is 1. The van der Waals surface area contributed by atoms with Crippen LogP contribution in [-0.2, 0) is 5.75 Å². The van der Waals surface area contributed by atoms with Gasteiger partial charge in [-0.05, 0) is 37.1 Å². The number of thioether (sulfide) groups is 1. The number of aliphatic hydroxyl groups excluding tert-OH is 1. The van der Waals surface area contributed by atoms with E-state index in [9.17, 15) is 18.3 Å². The smallest absolute Gasteiger partial charge is 0.406 e. The van der Waals surface area contributed by atoms with Crippen LogP contribution in [0.2, 0.25) is 0 Å². The molecule has 0 aromatic heterocycles. The standard InChI is InChI=1S/C12H13F3O2S/c1-11(2)10(16)9-5-8(17-12(13,14)15)4-3-7(9)6-18-11/h3-5,10,16H,6H2,1-2H3. The normalized spacial score (nSPS) is 22.4. The fraction of sp³-hybridized carbons (Fsp3) is 0.500. The van der Waals surface area contributed by atoms with Crippen LogP contribution in [0, 0.1) is 0 Å². The maximum absolute atomic E-state index is 12.1. The second kappa shape index (κ2) is 4.35. The Morgan fingerprint density at radius 2 is 2.06 bits per heavy atom. The molecule has 2 rings (SSSR count). The molecule has 0 radical (unpaired) electrons. The number of alkyl halides is 3. The van der Waals surface area contributed by atoms with Crippen molar-refractivity contribution in [3.05, 3.63) is 29.3 Å². The minimum absolute atomic E-state index is 0.289. The molecular weight excluding hydrogens is 265 g/mol. The van der Waals surface area contributed by atoms with Gasteiger partial charge in [-0.25, -0.2) is 0 Å². The zero-order chi connectivity index (χ0) is 13.6. The fourth-order valence-electron chi connectivity index (χ4n) is 1.87. The highest BCUT2D eigenvalue weighted by molar-refractivity contribution is 7.99. The van der Waals surface area contributed by atoms with Gasteiger partial charge in [-0.2, -0.15) is 0 Å². The van der Waals surface area contributed by atoms with Crippen LogP contribution >= 0.6 is 11.8 Å². The summed E-state index contributed by atoms with van der Waals surface area (Å²) in [6.07, 6.45) is -5.51. The van der Waals surface area contributed by atoms with Gasteiger partial charge < -0.3 is 9.84 Å². The van der Waals surface area contributed by atoms with Crippen molar-refractivity contribution in [2.24, 2.45) is 0 Å². The van der Waals surface area contributed by atoms with Gasteiger partial charge in [0.15, 0.2) is 0 Å². The van der Waals surface area contributed by atoms with Gasteiger partial charge in [0.25, 0.3) is 0 Å². The van der Waals surface area contributed by atoms with Crippen LogP contribution in [0.1, 0.15) is 31.1 Å². The van der Waals surface area contributed by atoms with E-state index in [-0.39, 0.29) is 5.75 Å². The zero-order valence-corrected chi connectivity index (χ0v) is 10.7. The van der Waals surface area contributed by atoms with E-state index < -0.39 is 17.2 Å². The van der Waals surface area contributed by atoms with E-state index in [1.165, 1.54) is 12.1 Å². The molecule has 1 heterocycles. The van der Waals surface area contributed by atoms with Gasteiger partial charge in [-0.1, -0.05) is 6.07 Å². The summed E-state index contributed by atoms with van der Waals surface area (Å²) in [6.45, 7) is 3.73. The molecule has 1 atom stereocenters. The average Bonchev–Trinajstić information content (AvgIpc) is 2.22. The van der Waals surface area contributed by atoms with Crippen molar-refractivity contribution in [1.82, 2.24) is 0 Å². The first kappa shape index (κ1) is 13.5. The SMILES string of the molecule is CC1(C)SCc2ccc(OC(F)(F)F)cc2C1O. The lowest BCUT2D eigenvalue weighted by molar-refractivity contribution is -0.274. The van der Waals surface area contributed by atoms with Crippen LogP contribution in [0.3, 0.4) is 0 Å². The quantitative estimate of drug-likeness (QED) is 0.850. The first-order valence-electron chi connectivity index (χ1n) is 5.40. The summed E-state index contributed by atoms with van der Waals surface area (Å²) < 4.78 is 39.9. The molecule has 100 valence electrons. The van der Waals surface area contributed by atoms with Crippen molar-refractivity contribution in [2.45, 2.75) is 36.8 Å². The predicted molar refractivity (Wildman–Crippen MR) is 63.5 cm³/mol. The molecule has 0 saturated carbocycles. The molecule has 1 N–H and O–H groups in total. The molecule has 1 aliphatic heterocycles. The molecule has 1 unspecified atom stereocenters. The first-order chi connectivity index (χ1) is 8.19. The molecule has 0 bridgehead atoms. The van der Waals surface area contributed by atoms with Gasteiger partial charge >= 0.3 is 6.36 Å². The zero-order valence-electron chi connectivity index (χ0n) is 9.91. The summed E-state index contributed by atoms with van der Waals surface area (Å²) in [5.41, 5.74) is 1.36. The van der Waals surface area contributed by atoms with E-state index in [2.05, 4.69) is 4.74 Å². The Bertz CT molecular complexity index is 457. The van der Waals surface area contributed by atoms with Crippen LogP contribution in [0.25, 0.3) is 0 Å². The van der Waals surface area contributed by atoms with Crippen LogP contribution < -0.4 is 4.74 Å². The summed E-state index contributed by atoms with van der Waals surface area (Å²) >= 11 is 1.58. The highest BCUT2D eigenvalue weighted by Gasteiger charge is 2.36. The van der Waals surface area contributed by atoms with Crippen LogP contribution in [0.5, 0.6) is 5.75 Å². The van der Waals surface area contributed by atoms with E-state index in [0.29, 0.717) is 11.3 Å². The third-order valence-corrected chi connectivity index (χ3v) is 4.33. The number of benzene rings is 1. The van der Waals surface area contributed by atoms with Crippen molar-refractivity contribution in [3.8, 4) is 5.75 Å². The summed E-state index contributed by atoms with van der Waals surface area (Å²) in [5.74, 6) is 0.383. The summed E-state index contributed by atoms with van der Waals surface area (Å²) in [5, 5.41) is 10.2. The van der Waals surface area contributed by atoms with Crippen LogP contribution in [0.4, 0.5) is 13.2 Å². The fourth-order valence-corrected chi connectivity index (χ4v) is 2.95. The molecule has 1 aromatic rings. The predicted octanol–water partition coefficient (Wildman–Crippen LogP) is 3.64. The highest BCUT2D eigenvalue weighted by atomic mass is 32.2. The molecule has 0 saturated heterocycles. The monoisotopic (exact) mass is 278 g/mol. The lowest BCUT2D eigenvalue weighted by Gasteiger charge is -2.36. The van der Waals surface area contributed by atoms with Crippen molar-refractivity contribution >= 4 is 11.8 Å². The number of halogens is 3. The Morgan fingerprint density at radius 3 is 2.67 bits per heavy atom. The van der Waals surface area contributed by atoms with Crippen molar-refractivity contribution in [1.29, 1.82) is 0 Å². The van der Waals surface area contributed by atoms with E-state index in [4.69, 9.17) is 0 Å². The van der Waals surface area contributed by atoms with Gasteiger partial charge in [0, 0.05) is 10.5 Å². The third kappa shape index (κ3) is 2.75. The number of aliphatic hydroxyl groups is 1. The van der Waals surface area contributed by atoms with Gasteiger partial charge in [0.1, 0.15) is 5.75 Å². The molecule has 0 spiro atoms. The van der Waals surface area contributed by atoms with E-state index in [1.54, 1.807) is 17.8 Å². The second-order valence-corrected chi connectivity index (χ2v) is 6.33. The Morgan fingerprint density at radius 1 is 1.39 bits per heavy atom. The lowest BCUT2D eigenvalue weighted by Crippen LogP contribution is -2.30. The van der Waals surface area contributed by atoms with Crippen LogP contribution in [0.15, 0.2) is 18.2 Å². The summed E-state index contributed by atoms with van der Waals surface area (Å²) in [7, 11) is 0. The number of hydrogen-bond donors (Lipinski definition) is 1. The molecule has 0 amide bonds. The Kier molecular flexibility index (Phi) is 3.27. The molecule has 2 nitrogen and oxygen atoms in total. The van der Waals surface area contributed by atoms with Crippen molar-refractivity contribution in [2.75, 3.05) is 0 Å². The number of rotatable bonds is 1. The Labute approximate surface area is 107 Å². The largest absolute Gasteiger partial charge is 0.573 e. The van der Waals surface area contributed by atoms with Gasteiger partial charge in [-0.3, -0.25) is 0 Å². The average molecular weight is 278 g/mol. The molecule has 6 heteroatoms. The Balaban J connectivity index is 2.34. The lowest BCUT2D eigenvalue weighted by atomic mass is 9.93. The number of ether oxygens (including phenoxy) is 1. The highest BCUT2D eigenvalue weighted by Crippen LogP contribution is 2.46. The maximum atomic E-state index is 12.1. The molecule has 1 aromatic carbocycles. The summed E-state index contributed by atoms with van der Waals surface area (Å²) in [4.78, 5) is 0. The first-order valence-corrected chi connectivity index (χ1v) is 6.38. The minimum atomic E-state index is -4.71. The Hall–Kier alpha value is -0.880. The second-order valence-electron chi connectivity index (χ2n) is 4.70.